The van der Waals surface area contributed by atoms with Crippen molar-refractivity contribution in [3.63, 3.8) is 0 Å². The number of piperidine rings is 1. The van der Waals surface area contributed by atoms with Crippen molar-refractivity contribution in [1.82, 2.24) is 10.2 Å². The van der Waals surface area contributed by atoms with Crippen LogP contribution in [0.4, 0.5) is 0 Å². The summed E-state index contributed by atoms with van der Waals surface area (Å²) < 4.78 is 0. The lowest BCUT2D eigenvalue weighted by molar-refractivity contribution is 0.0965. The number of hydrogen-bond acceptors (Lipinski definition) is 2. The molecular weight excluding hydrogens is 220 g/mol. The molecule has 2 fully saturated rings. The van der Waals surface area contributed by atoms with Gasteiger partial charge >= 0.3 is 0 Å². The highest BCUT2D eigenvalue weighted by molar-refractivity contribution is 4.97. The van der Waals surface area contributed by atoms with Gasteiger partial charge in [0.2, 0.25) is 0 Å². The van der Waals surface area contributed by atoms with Gasteiger partial charge in [-0.1, -0.05) is 27.2 Å². The summed E-state index contributed by atoms with van der Waals surface area (Å²) in [6, 6.07) is 2.51. The molecule has 0 aliphatic carbocycles. The summed E-state index contributed by atoms with van der Waals surface area (Å²) in [5, 5.41) is 3.80. The van der Waals surface area contributed by atoms with E-state index in [1.54, 1.807) is 0 Å². The molecule has 106 valence electrons. The third-order valence-corrected chi connectivity index (χ3v) is 5.44. The molecule has 4 unspecified atom stereocenters. The maximum atomic E-state index is 3.80. The molecule has 0 radical (unpaired) electrons. The molecule has 2 nitrogen and oxygen atoms in total. The first-order valence-electron chi connectivity index (χ1n) is 8.12. The average molecular weight is 252 g/mol. The minimum atomic E-state index is 0.756. The highest BCUT2D eigenvalue weighted by Gasteiger charge is 2.41. The molecule has 4 atom stereocenters. The zero-order chi connectivity index (χ0) is 13.1. The van der Waals surface area contributed by atoms with E-state index < -0.39 is 0 Å². The zero-order valence-electron chi connectivity index (χ0n) is 12.8. The molecule has 2 aliphatic rings. The molecule has 2 rings (SSSR count). The average Bonchev–Trinajstić information content (AvgIpc) is 2.58. The van der Waals surface area contributed by atoms with Crippen molar-refractivity contribution in [2.45, 2.75) is 77.4 Å². The lowest BCUT2D eigenvalue weighted by Crippen LogP contribution is -2.49. The van der Waals surface area contributed by atoms with Crippen molar-refractivity contribution in [1.29, 1.82) is 0 Å². The summed E-state index contributed by atoms with van der Waals surface area (Å²) in [4.78, 5) is 2.66. The molecular formula is C16H32N2. The molecule has 2 heterocycles. The Kier molecular flexibility index (Phi) is 5.08. The Morgan fingerprint density at radius 1 is 1.17 bits per heavy atom. The van der Waals surface area contributed by atoms with Crippen LogP contribution in [-0.4, -0.2) is 36.6 Å². The van der Waals surface area contributed by atoms with Gasteiger partial charge in [0.05, 0.1) is 0 Å². The molecule has 0 spiro atoms. The van der Waals surface area contributed by atoms with E-state index in [9.17, 15) is 0 Å². The lowest BCUT2D eigenvalue weighted by Gasteiger charge is -2.42. The number of nitrogens with one attached hydrogen (secondary N) is 1. The van der Waals surface area contributed by atoms with Gasteiger partial charge in [-0.05, 0) is 57.5 Å². The Balaban J connectivity index is 1.99. The predicted octanol–water partition coefficient (Wildman–Crippen LogP) is 3.27. The van der Waals surface area contributed by atoms with E-state index in [4.69, 9.17) is 0 Å². The molecule has 0 aromatic heterocycles. The van der Waals surface area contributed by atoms with Crippen LogP contribution in [0, 0.1) is 11.8 Å². The second-order valence-corrected chi connectivity index (χ2v) is 6.63. The van der Waals surface area contributed by atoms with Crippen molar-refractivity contribution < 1.29 is 0 Å². The molecule has 0 aromatic carbocycles. The third-order valence-electron chi connectivity index (χ3n) is 5.44. The second-order valence-electron chi connectivity index (χ2n) is 6.63. The number of nitrogens with zero attached hydrogens (tertiary/aromatic N) is 1. The molecule has 0 aromatic rings. The monoisotopic (exact) mass is 252 g/mol. The van der Waals surface area contributed by atoms with Crippen molar-refractivity contribution in [3.8, 4) is 0 Å². The minimum absolute atomic E-state index is 0.756. The van der Waals surface area contributed by atoms with E-state index in [0.717, 1.165) is 36.5 Å². The van der Waals surface area contributed by atoms with Crippen molar-refractivity contribution >= 4 is 0 Å². The fourth-order valence-electron chi connectivity index (χ4n) is 4.45. The summed E-state index contributed by atoms with van der Waals surface area (Å²) in [5.74, 6) is 1.75. The summed E-state index contributed by atoms with van der Waals surface area (Å²) in [6.07, 6.45) is 8.44. The third kappa shape index (κ3) is 2.91. The zero-order valence-corrected chi connectivity index (χ0v) is 12.8. The van der Waals surface area contributed by atoms with Gasteiger partial charge in [-0.25, -0.2) is 0 Å². The molecule has 2 bridgehead atoms. The Labute approximate surface area is 114 Å². The fraction of sp³-hybridized carbons (Fsp3) is 1.00. The van der Waals surface area contributed by atoms with Gasteiger partial charge in [0, 0.05) is 18.1 Å². The van der Waals surface area contributed by atoms with Gasteiger partial charge < -0.3 is 10.2 Å². The summed E-state index contributed by atoms with van der Waals surface area (Å²) in [5.41, 5.74) is 0. The maximum Gasteiger partial charge on any atom is 0.0122 e. The second kappa shape index (κ2) is 6.38. The number of hydrogen-bond donors (Lipinski definition) is 1. The fourth-order valence-corrected chi connectivity index (χ4v) is 4.45. The summed E-state index contributed by atoms with van der Waals surface area (Å²) >= 11 is 0. The molecule has 1 N–H and O–H groups in total. The van der Waals surface area contributed by atoms with Crippen LogP contribution in [0.25, 0.3) is 0 Å². The van der Waals surface area contributed by atoms with Crippen LogP contribution < -0.4 is 5.32 Å². The molecule has 2 saturated heterocycles. The first-order chi connectivity index (χ1) is 8.67. The van der Waals surface area contributed by atoms with Crippen LogP contribution in [0.3, 0.4) is 0 Å². The highest BCUT2D eigenvalue weighted by Crippen LogP contribution is 2.40. The van der Waals surface area contributed by atoms with E-state index >= 15 is 0 Å². The van der Waals surface area contributed by atoms with Crippen LogP contribution in [0.5, 0.6) is 0 Å². The summed E-state index contributed by atoms with van der Waals surface area (Å²) in [7, 11) is 2.34. The van der Waals surface area contributed by atoms with Crippen molar-refractivity contribution in [2.75, 3.05) is 13.6 Å². The predicted molar refractivity (Wildman–Crippen MR) is 78.8 cm³/mol. The van der Waals surface area contributed by atoms with Gasteiger partial charge in [-0.15, -0.1) is 0 Å². The highest BCUT2D eigenvalue weighted by atomic mass is 15.2. The Morgan fingerprint density at radius 3 is 2.28 bits per heavy atom. The maximum absolute atomic E-state index is 3.80. The first kappa shape index (κ1) is 14.3. The Morgan fingerprint density at radius 2 is 1.78 bits per heavy atom. The van der Waals surface area contributed by atoms with Crippen LogP contribution >= 0.6 is 0 Å². The van der Waals surface area contributed by atoms with Crippen LogP contribution in [-0.2, 0) is 0 Å². The van der Waals surface area contributed by atoms with Gasteiger partial charge in [0.1, 0.15) is 0 Å². The molecule has 0 amide bonds. The van der Waals surface area contributed by atoms with Crippen LogP contribution in [0.15, 0.2) is 0 Å². The van der Waals surface area contributed by atoms with E-state index in [2.05, 4.69) is 38.0 Å². The molecule has 2 heteroatoms. The minimum Gasteiger partial charge on any atom is -0.314 e. The standard InChI is InChI=1S/C16H32N2/c1-5-7-12(3)16(17-6-2)13-10-14-8-9-15(11-13)18(14)4/h12-17H,5-11H2,1-4H3. The van der Waals surface area contributed by atoms with Gasteiger partial charge in [0.15, 0.2) is 0 Å². The van der Waals surface area contributed by atoms with E-state index in [0.29, 0.717) is 0 Å². The topological polar surface area (TPSA) is 15.3 Å². The number of fused-ring (bicyclic) bond motifs is 2. The summed E-state index contributed by atoms with van der Waals surface area (Å²) in [6.45, 7) is 8.16. The quantitative estimate of drug-likeness (QED) is 0.780. The Bertz CT molecular complexity index is 239. The first-order valence-corrected chi connectivity index (χ1v) is 8.12. The van der Waals surface area contributed by atoms with E-state index in [1.165, 1.54) is 38.5 Å². The van der Waals surface area contributed by atoms with Gasteiger partial charge in [0.25, 0.3) is 0 Å². The normalized spacial score (nSPS) is 35.7. The van der Waals surface area contributed by atoms with E-state index in [-0.39, 0.29) is 0 Å². The van der Waals surface area contributed by atoms with Gasteiger partial charge in [-0.3, -0.25) is 0 Å². The largest absolute Gasteiger partial charge is 0.314 e. The van der Waals surface area contributed by atoms with Crippen molar-refractivity contribution in [3.05, 3.63) is 0 Å². The van der Waals surface area contributed by atoms with Gasteiger partial charge in [-0.2, -0.15) is 0 Å². The van der Waals surface area contributed by atoms with Crippen LogP contribution in [0.2, 0.25) is 0 Å². The number of rotatable bonds is 6. The lowest BCUT2D eigenvalue weighted by atomic mass is 9.78. The molecule has 0 saturated carbocycles. The molecule has 2 aliphatic heterocycles. The van der Waals surface area contributed by atoms with E-state index in [1.807, 2.05) is 0 Å². The smallest absolute Gasteiger partial charge is 0.0122 e. The van der Waals surface area contributed by atoms with Crippen molar-refractivity contribution in [2.24, 2.45) is 11.8 Å². The Hall–Kier alpha value is -0.0800. The SMILES string of the molecule is CCCC(C)C(NCC)C1CC2CCC(C1)N2C. The molecule has 18 heavy (non-hydrogen) atoms. The van der Waals surface area contributed by atoms with Crippen LogP contribution in [0.1, 0.15) is 59.3 Å².